The van der Waals surface area contributed by atoms with Crippen molar-refractivity contribution in [2.45, 2.75) is 30.7 Å². The SMILES string of the molecule is CSCCC(C)NS(=O)(=O)c1ccc2c(c1)CCN2. The smallest absolute Gasteiger partial charge is 0.240 e. The van der Waals surface area contributed by atoms with Crippen molar-refractivity contribution in [1.82, 2.24) is 4.72 Å². The zero-order valence-electron chi connectivity index (χ0n) is 11.3. The van der Waals surface area contributed by atoms with Gasteiger partial charge >= 0.3 is 0 Å². The molecule has 1 unspecified atom stereocenters. The molecule has 0 amide bonds. The van der Waals surface area contributed by atoms with E-state index in [-0.39, 0.29) is 6.04 Å². The Morgan fingerprint density at radius 2 is 2.26 bits per heavy atom. The maximum Gasteiger partial charge on any atom is 0.240 e. The Labute approximate surface area is 119 Å². The van der Waals surface area contributed by atoms with Gasteiger partial charge in [0, 0.05) is 18.3 Å². The molecule has 0 aromatic heterocycles. The second-order valence-electron chi connectivity index (χ2n) is 4.80. The van der Waals surface area contributed by atoms with Gasteiger partial charge in [0.25, 0.3) is 0 Å². The van der Waals surface area contributed by atoms with Crippen LogP contribution in [0.3, 0.4) is 0 Å². The molecular weight excluding hydrogens is 280 g/mol. The third kappa shape index (κ3) is 3.64. The predicted molar refractivity (Wildman–Crippen MR) is 81.4 cm³/mol. The number of sulfonamides is 1. The molecule has 2 rings (SSSR count). The van der Waals surface area contributed by atoms with Crippen molar-refractivity contribution in [3.8, 4) is 0 Å². The molecule has 0 radical (unpaired) electrons. The van der Waals surface area contributed by atoms with Crippen molar-refractivity contribution in [2.24, 2.45) is 0 Å². The lowest BCUT2D eigenvalue weighted by Gasteiger charge is -2.14. The van der Waals surface area contributed by atoms with Crippen LogP contribution < -0.4 is 10.0 Å². The predicted octanol–water partition coefficient (Wildman–Crippen LogP) is 2.07. The summed E-state index contributed by atoms with van der Waals surface area (Å²) in [5.41, 5.74) is 2.13. The van der Waals surface area contributed by atoms with Crippen molar-refractivity contribution >= 4 is 27.5 Å². The lowest BCUT2D eigenvalue weighted by atomic mass is 10.2. The molecular formula is C13H20N2O2S2. The number of hydrogen-bond donors (Lipinski definition) is 2. The van der Waals surface area contributed by atoms with E-state index < -0.39 is 10.0 Å². The fraction of sp³-hybridized carbons (Fsp3) is 0.538. The summed E-state index contributed by atoms with van der Waals surface area (Å²) in [6.45, 7) is 2.79. The minimum atomic E-state index is -3.40. The standard InChI is InChI=1S/C13H20N2O2S2/c1-10(6-8-18-2)15-19(16,17)12-3-4-13-11(9-12)5-7-14-13/h3-4,9-10,14-15H,5-8H2,1-2H3. The largest absolute Gasteiger partial charge is 0.384 e. The van der Waals surface area contributed by atoms with Crippen molar-refractivity contribution in [1.29, 1.82) is 0 Å². The van der Waals surface area contributed by atoms with E-state index in [1.54, 1.807) is 23.9 Å². The summed E-state index contributed by atoms with van der Waals surface area (Å²) in [5, 5.41) is 3.23. The Hall–Kier alpha value is -0.720. The van der Waals surface area contributed by atoms with Crippen molar-refractivity contribution in [3.05, 3.63) is 23.8 Å². The summed E-state index contributed by atoms with van der Waals surface area (Å²) in [7, 11) is -3.40. The highest BCUT2D eigenvalue weighted by Crippen LogP contribution is 2.25. The van der Waals surface area contributed by atoms with E-state index in [2.05, 4.69) is 10.0 Å². The Morgan fingerprint density at radius 1 is 1.47 bits per heavy atom. The van der Waals surface area contributed by atoms with Gasteiger partial charge in [0.05, 0.1) is 4.90 Å². The van der Waals surface area contributed by atoms with Crippen LogP contribution in [-0.4, -0.2) is 33.0 Å². The van der Waals surface area contributed by atoms with E-state index in [4.69, 9.17) is 0 Å². The fourth-order valence-electron chi connectivity index (χ4n) is 2.13. The number of rotatable bonds is 6. The first-order valence-corrected chi connectivity index (χ1v) is 9.28. The van der Waals surface area contributed by atoms with Gasteiger partial charge in [-0.2, -0.15) is 11.8 Å². The summed E-state index contributed by atoms with van der Waals surface area (Å²) in [4.78, 5) is 0.367. The van der Waals surface area contributed by atoms with Gasteiger partial charge in [0.1, 0.15) is 0 Å². The molecule has 2 N–H and O–H groups in total. The lowest BCUT2D eigenvalue weighted by molar-refractivity contribution is 0.557. The van der Waals surface area contributed by atoms with Gasteiger partial charge in [-0.05, 0) is 55.5 Å². The molecule has 0 fully saturated rings. The summed E-state index contributed by atoms with van der Waals surface area (Å²) >= 11 is 1.72. The molecule has 0 bridgehead atoms. The second kappa shape index (κ2) is 6.15. The molecule has 0 aliphatic carbocycles. The highest BCUT2D eigenvalue weighted by Gasteiger charge is 2.19. The molecule has 0 saturated heterocycles. The van der Waals surface area contributed by atoms with Gasteiger partial charge in [0.15, 0.2) is 0 Å². The molecule has 1 aliphatic heterocycles. The number of anilines is 1. The molecule has 1 atom stereocenters. The molecule has 106 valence electrons. The van der Waals surface area contributed by atoms with Crippen molar-refractivity contribution in [3.63, 3.8) is 0 Å². The summed E-state index contributed by atoms with van der Waals surface area (Å²) in [5.74, 6) is 0.956. The minimum absolute atomic E-state index is 0.0381. The van der Waals surface area contributed by atoms with E-state index in [1.807, 2.05) is 19.2 Å². The third-order valence-electron chi connectivity index (χ3n) is 3.21. The van der Waals surface area contributed by atoms with Gasteiger partial charge < -0.3 is 5.32 Å². The first-order chi connectivity index (χ1) is 9.03. The molecule has 0 spiro atoms. The van der Waals surface area contributed by atoms with Crippen LogP contribution in [0.4, 0.5) is 5.69 Å². The van der Waals surface area contributed by atoms with E-state index in [1.165, 1.54) is 0 Å². The van der Waals surface area contributed by atoms with Crippen LogP contribution in [0.25, 0.3) is 0 Å². The van der Waals surface area contributed by atoms with Crippen LogP contribution in [0.1, 0.15) is 18.9 Å². The minimum Gasteiger partial charge on any atom is -0.384 e. The van der Waals surface area contributed by atoms with Crippen LogP contribution in [0.15, 0.2) is 23.1 Å². The molecule has 1 aromatic carbocycles. The fourth-order valence-corrected chi connectivity index (χ4v) is 4.05. The summed E-state index contributed by atoms with van der Waals surface area (Å²) in [6, 6.07) is 5.26. The van der Waals surface area contributed by atoms with Gasteiger partial charge in [-0.1, -0.05) is 0 Å². The Kier molecular flexibility index (Phi) is 4.76. The van der Waals surface area contributed by atoms with E-state index >= 15 is 0 Å². The Bertz CT molecular complexity index is 544. The van der Waals surface area contributed by atoms with Crippen LogP contribution in [-0.2, 0) is 16.4 Å². The van der Waals surface area contributed by atoms with Gasteiger partial charge in [0.2, 0.25) is 10.0 Å². The van der Waals surface area contributed by atoms with Crippen molar-refractivity contribution in [2.75, 3.05) is 23.9 Å². The normalized spacial score (nSPS) is 15.9. The van der Waals surface area contributed by atoms with Gasteiger partial charge in [-0.15, -0.1) is 0 Å². The molecule has 6 heteroatoms. The molecule has 0 saturated carbocycles. The lowest BCUT2D eigenvalue weighted by Crippen LogP contribution is -2.33. The average molecular weight is 300 g/mol. The monoisotopic (exact) mass is 300 g/mol. The van der Waals surface area contributed by atoms with Crippen LogP contribution in [0.2, 0.25) is 0 Å². The van der Waals surface area contributed by atoms with E-state index in [9.17, 15) is 8.42 Å². The van der Waals surface area contributed by atoms with Crippen LogP contribution in [0, 0.1) is 0 Å². The number of nitrogens with one attached hydrogen (secondary N) is 2. The highest BCUT2D eigenvalue weighted by atomic mass is 32.2. The topological polar surface area (TPSA) is 58.2 Å². The quantitative estimate of drug-likeness (QED) is 0.844. The number of fused-ring (bicyclic) bond motifs is 1. The first kappa shape index (κ1) is 14.7. The maximum absolute atomic E-state index is 12.3. The molecule has 1 aromatic rings. The maximum atomic E-state index is 12.3. The number of thioether (sulfide) groups is 1. The summed E-state index contributed by atoms with van der Waals surface area (Å²) in [6.07, 6.45) is 3.75. The number of hydrogen-bond acceptors (Lipinski definition) is 4. The molecule has 19 heavy (non-hydrogen) atoms. The van der Waals surface area contributed by atoms with Crippen LogP contribution >= 0.6 is 11.8 Å². The van der Waals surface area contributed by atoms with Gasteiger partial charge in [-0.25, -0.2) is 13.1 Å². The second-order valence-corrected chi connectivity index (χ2v) is 7.50. The first-order valence-electron chi connectivity index (χ1n) is 6.41. The van der Waals surface area contributed by atoms with Crippen LogP contribution in [0.5, 0.6) is 0 Å². The van der Waals surface area contributed by atoms with E-state index in [0.717, 1.165) is 36.4 Å². The van der Waals surface area contributed by atoms with Gasteiger partial charge in [-0.3, -0.25) is 0 Å². The van der Waals surface area contributed by atoms with E-state index in [0.29, 0.717) is 4.90 Å². The summed E-state index contributed by atoms with van der Waals surface area (Å²) < 4.78 is 27.3. The molecule has 1 heterocycles. The third-order valence-corrected chi connectivity index (χ3v) is 5.44. The molecule has 4 nitrogen and oxygen atoms in total. The Balaban J connectivity index is 2.11. The van der Waals surface area contributed by atoms with Crippen molar-refractivity contribution < 1.29 is 8.42 Å². The Morgan fingerprint density at radius 3 is 3.00 bits per heavy atom. The molecule has 1 aliphatic rings. The average Bonchev–Trinajstić information content (AvgIpc) is 2.82. The highest BCUT2D eigenvalue weighted by molar-refractivity contribution is 7.98. The zero-order chi connectivity index (χ0) is 13.9. The zero-order valence-corrected chi connectivity index (χ0v) is 12.9. The number of benzene rings is 1.